The molecule has 1 N–H and O–H groups in total. The first-order chi connectivity index (χ1) is 17.7. The minimum Gasteiger partial charge on any atom is -0.444 e. The standard InChI is InChI=1S/C27H36F3N5O3/c1-7-8-11-31-24-20(9-10-23(36)33-24)18(3)21-14-19(27(28,29)30)15-22(32-21)34-12-13-35(17(2)16-34)25(37)38-26(4,5)6/h8,11,14-15,17H,7,9-10,12-13,16H2,1-6H3,(H,31,33,36)/b11-8+,20-18+. The molecule has 8 nitrogen and oxygen atoms in total. The van der Waals surface area contributed by atoms with Gasteiger partial charge < -0.3 is 19.9 Å². The van der Waals surface area contributed by atoms with Crippen LogP contribution in [-0.4, -0.2) is 59.0 Å². The Morgan fingerprint density at radius 2 is 1.95 bits per heavy atom. The van der Waals surface area contributed by atoms with Crippen LogP contribution < -0.4 is 10.2 Å². The number of aliphatic imine (C=N–C) groups is 1. The molecule has 2 fully saturated rings. The van der Waals surface area contributed by atoms with Crippen LogP contribution in [0, 0.1) is 0 Å². The molecule has 2 saturated heterocycles. The van der Waals surface area contributed by atoms with Crippen molar-refractivity contribution in [3.63, 3.8) is 0 Å². The third kappa shape index (κ3) is 7.35. The van der Waals surface area contributed by atoms with Crippen LogP contribution in [0.5, 0.6) is 0 Å². The molecule has 1 atom stereocenters. The molecule has 2 amide bonds. The molecule has 0 saturated carbocycles. The summed E-state index contributed by atoms with van der Waals surface area (Å²) in [7, 11) is 0. The summed E-state index contributed by atoms with van der Waals surface area (Å²) in [5.41, 5.74) is -0.143. The van der Waals surface area contributed by atoms with Gasteiger partial charge >= 0.3 is 12.3 Å². The van der Waals surface area contributed by atoms with Crippen LogP contribution >= 0.6 is 0 Å². The van der Waals surface area contributed by atoms with E-state index in [0.717, 1.165) is 18.6 Å². The highest BCUT2D eigenvalue weighted by molar-refractivity contribution is 6.14. The van der Waals surface area contributed by atoms with Crippen molar-refractivity contribution >= 4 is 29.2 Å². The first-order valence-electron chi connectivity index (χ1n) is 12.8. The Hall–Kier alpha value is -3.37. The highest BCUT2D eigenvalue weighted by Gasteiger charge is 2.35. The lowest BCUT2D eigenvalue weighted by Gasteiger charge is -2.41. The molecule has 0 aromatic carbocycles. The normalized spacial score (nSPS) is 21.7. The highest BCUT2D eigenvalue weighted by atomic mass is 19.4. The Morgan fingerprint density at radius 1 is 1.24 bits per heavy atom. The van der Waals surface area contributed by atoms with Gasteiger partial charge in [-0.3, -0.25) is 4.79 Å². The van der Waals surface area contributed by atoms with Crippen molar-refractivity contribution < 1.29 is 27.5 Å². The number of hydrogen-bond donors (Lipinski definition) is 1. The summed E-state index contributed by atoms with van der Waals surface area (Å²) < 4.78 is 47.3. The third-order valence-electron chi connectivity index (χ3n) is 6.25. The number of ether oxygens (including phenoxy) is 1. The van der Waals surface area contributed by atoms with Gasteiger partial charge in [-0.05, 0) is 65.2 Å². The number of halogens is 3. The number of rotatable bonds is 4. The Bertz CT molecular complexity index is 1150. The maximum Gasteiger partial charge on any atom is 0.416 e. The molecule has 0 spiro atoms. The smallest absolute Gasteiger partial charge is 0.416 e. The first-order valence-corrected chi connectivity index (χ1v) is 12.8. The number of nitrogens with zero attached hydrogens (tertiary/aromatic N) is 4. The summed E-state index contributed by atoms with van der Waals surface area (Å²) in [6, 6.07) is 1.77. The number of alkyl halides is 3. The number of aromatic nitrogens is 1. The number of nitrogens with one attached hydrogen (secondary N) is 1. The molecule has 38 heavy (non-hydrogen) atoms. The van der Waals surface area contributed by atoms with Gasteiger partial charge in [-0.1, -0.05) is 13.0 Å². The molecular weight excluding hydrogens is 499 g/mol. The Balaban J connectivity index is 1.97. The average molecular weight is 536 g/mol. The van der Waals surface area contributed by atoms with Crippen LogP contribution in [-0.2, 0) is 15.7 Å². The molecule has 1 aromatic heterocycles. The van der Waals surface area contributed by atoms with Crippen LogP contribution in [0.3, 0.4) is 0 Å². The van der Waals surface area contributed by atoms with E-state index >= 15 is 0 Å². The van der Waals surface area contributed by atoms with Crippen LogP contribution in [0.4, 0.5) is 23.8 Å². The van der Waals surface area contributed by atoms with Gasteiger partial charge in [0.1, 0.15) is 17.3 Å². The molecular formula is C27H36F3N5O3. The summed E-state index contributed by atoms with van der Waals surface area (Å²) >= 11 is 0. The van der Waals surface area contributed by atoms with Crippen LogP contribution in [0.2, 0.25) is 0 Å². The van der Waals surface area contributed by atoms with Crippen LogP contribution in [0.1, 0.15) is 72.1 Å². The number of piperazine rings is 1. The van der Waals surface area contributed by atoms with Gasteiger partial charge in [0.15, 0.2) is 0 Å². The van der Waals surface area contributed by atoms with Crippen LogP contribution in [0.15, 0.2) is 35.0 Å². The third-order valence-corrected chi connectivity index (χ3v) is 6.25. The lowest BCUT2D eigenvalue weighted by molar-refractivity contribution is -0.137. The second-order valence-electron chi connectivity index (χ2n) is 10.5. The summed E-state index contributed by atoms with van der Waals surface area (Å²) in [5.74, 6) is 0.304. The number of anilines is 1. The minimum absolute atomic E-state index is 0.162. The topological polar surface area (TPSA) is 87.1 Å². The predicted octanol–water partition coefficient (Wildman–Crippen LogP) is 5.55. The van der Waals surface area contributed by atoms with Crippen molar-refractivity contribution in [3.05, 3.63) is 41.2 Å². The maximum absolute atomic E-state index is 13.9. The molecule has 2 aliphatic heterocycles. The Kier molecular flexibility index (Phi) is 8.89. The molecule has 1 aromatic rings. The van der Waals surface area contributed by atoms with Gasteiger partial charge in [0.05, 0.1) is 11.3 Å². The fourth-order valence-electron chi connectivity index (χ4n) is 4.28. The zero-order valence-electron chi connectivity index (χ0n) is 22.8. The van der Waals surface area contributed by atoms with Gasteiger partial charge in [0.25, 0.3) is 0 Å². The van der Waals surface area contributed by atoms with Gasteiger partial charge in [0.2, 0.25) is 5.91 Å². The van der Waals surface area contributed by atoms with E-state index in [1.807, 2.05) is 19.9 Å². The van der Waals surface area contributed by atoms with E-state index in [0.29, 0.717) is 36.5 Å². The molecule has 0 radical (unpaired) electrons. The molecule has 11 heteroatoms. The molecule has 0 bridgehead atoms. The average Bonchev–Trinajstić information content (AvgIpc) is 2.82. The fourth-order valence-corrected chi connectivity index (χ4v) is 4.28. The number of amidine groups is 1. The van der Waals surface area contributed by atoms with E-state index < -0.39 is 23.4 Å². The number of piperidine rings is 1. The quantitative estimate of drug-likeness (QED) is 0.546. The molecule has 208 valence electrons. The summed E-state index contributed by atoms with van der Waals surface area (Å²) in [6.07, 6.45) is -0.339. The first kappa shape index (κ1) is 29.2. The van der Waals surface area contributed by atoms with Gasteiger partial charge in [-0.15, -0.1) is 0 Å². The highest BCUT2D eigenvalue weighted by Crippen LogP contribution is 2.35. The van der Waals surface area contributed by atoms with Gasteiger partial charge in [-0.2, -0.15) is 13.2 Å². The van der Waals surface area contributed by atoms with Crippen molar-refractivity contribution in [3.8, 4) is 0 Å². The molecule has 1 unspecified atom stereocenters. The lowest BCUT2D eigenvalue weighted by atomic mass is 9.96. The van der Waals surface area contributed by atoms with E-state index in [2.05, 4.69) is 15.3 Å². The second kappa shape index (κ2) is 11.6. The predicted molar refractivity (Wildman–Crippen MR) is 141 cm³/mol. The number of carbonyl (C=O) groups excluding carboxylic acids is 2. The number of amides is 2. The minimum atomic E-state index is -4.58. The molecule has 0 aliphatic carbocycles. The fraction of sp³-hybridized carbons (Fsp3) is 0.556. The van der Waals surface area contributed by atoms with Crippen molar-refractivity contribution in [2.45, 2.75) is 78.6 Å². The van der Waals surface area contributed by atoms with E-state index in [-0.39, 0.29) is 36.4 Å². The van der Waals surface area contributed by atoms with E-state index in [1.54, 1.807) is 43.7 Å². The number of pyridine rings is 1. The molecule has 2 aliphatic rings. The maximum atomic E-state index is 13.9. The van der Waals surface area contributed by atoms with Crippen LogP contribution in [0.25, 0.3) is 5.57 Å². The van der Waals surface area contributed by atoms with Crippen molar-refractivity contribution in [1.82, 2.24) is 15.2 Å². The van der Waals surface area contributed by atoms with Crippen molar-refractivity contribution in [2.24, 2.45) is 4.99 Å². The Morgan fingerprint density at radius 3 is 2.55 bits per heavy atom. The van der Waals surface area contributed by atoms with E-state index in [4.69, 9.17) is 4.74 Å². The van der Waals surface area contributed by atoms with E-state index in [9.17, 15) is 22.8 Å². The number of hydrogen-bond acceptors (Lipinski definition) is 6. The summed E-state index contributed by atoms with van der Waals surface area (Å²) in [5, 5.41) is 2.73. The van der Waals surface area contributed by atoms with Crippen molar-refractivity contribution in [1.29, 1.82) is 0 Å². The van der Waals surface area contributed by atoms with E-state index in [1.165, 1.54) is 0 Å². The van der Waals surface area contributed by atoms with Crippen molar-refractivity contribution in [2.75, 3.05) is 24.5 Å². The largest absolute Gasteiger partial charge is 0.444 e. The van der Waals surface area contributed by atoms with Gasteiger partial charge in [-0.25, -0.2) is 14.8 Å². The summed E-state index contributed by atoms with van der Waals surface area (Å²) in [4.78, 5) is 36.9. The Labute approximate surface area is 221 Å². The zero-order chi connectivity index (χ0) is 28.3. The zero-order valence-corrected chi connectivity index (χ0v) is 22.8. The number of allylic oxidation sites excluding steroid dienone is 2. The monoisotopic (exact) mass is 535 g/mol. The SMILES string of the molecule is CC/C=C/N=C1\NC(=O)CC\C1=C(\C)c1cc(C(F)(F)F)cc(N2CCN(C(=O)OC(C)(C)C)C(C)C2)n1. The van der Waals surface area contributed by atoms with Gasteiger partial charge in [0, 0.05) is 43.9 Å². The number of carbonyl (C=O) groups is 2. The molecule has 3 rings (SSSR count). The molecule has 3 heterocycles. The lowest BCUT2D eigenvalue weighted by Crippen LogP contribution is -2.55. The second-order valence-corrected chi connectivity index (χ2v) is 10.5. The summed E-state index contributed by atoms with van der Waals surface area (Å²) in [6.45, 7) is 11.7.